The first-order valence-electron chi connectivity index (χ1n) is 8.31. The molecule has 2 aromatic carbocycles. The lowest BCUT2D eigenvalue weighted by Crippen LogP contribution is -2.10. The summed E-state index contributed by atoms with van der Waals surface area (Å²) < 4.78 is 17.0. The lowest BCUT2D eigenvalue weighted by atomic mass is 10.2. The molecule has 3 rings (SSSR count). The summed E-state index contributed by atoms with van der Waals surface area (Å²) in [4.78, 5) is 15.3. The van der Waals surface area contributed by atoms with Crippen molar-refractivity contribution in [2.45, 2.75) is 6.42 Å². The Morgan fingerprint density at radius 2 is 1.85 bits per heavy atom. The molecule has 0 spiro atoms. The Morgan fingerprint density at radius 1 is 1.07 bits per heavy atom. The first-order valence-corrected chi connectivity index (χ1v) is 9.19. The van der Waals surface area contributed by atoms with Crippen LogP contribution in [0.4, 0.5) is 0 Å². The molecule has 27 heavy (non-hydrogen) atoms. The number of hydrogen-bond acceptors (Lipinski definition) is 6. The number of para-hydroxylation sites is 2. The largest absolute Gasteiger partial charge is 0.493 e. The Hall–Kier alpha value is -3.06. The normalized spacial score (nSPS) is 10.4. The van der Waals surface area contributed by atoms with Gasteiger partial charge in [-0.3, -0.25) is 4.79 Å². The molecular formula is C20H19NO5S. The van der Waals surface area contributed by atoms with Gasteiger partial charge in [-0.15, -0.1) is 11.3 Å². The van der Waals surface area contributed by atoms with Crippen LogP contribution in [0.15, 0.2) is 53.9 Å². The minimum atomic E-state index is -0.910. The Kier molecular flexibility index (Phi) is 6.27. The van der Waals surface area contributed by atoms with Crippen molar-refractivity contribution in [3.63, 3.8) is 0 Å². The molecule has 0 saturated heterocycles. The van der Waals surface area contributed by atoms with Crippen LogP contribution >= 0.6 is 11.3 Å². The monoisotopic (exact) mass is 385 g/mol. The molecule has 7 heteroatoms. The van der Waals surface area contributed by atoms with E-state index in [-0.39, 0.29) is 6.42 Å². The van der Waals surface area contributed by atoms with E-state index in [1.807, 2.05) is 48.5 Å². The summed E-state index contributed by atoms with van der Waals surface area (Å²) in [6, 6.07) is 15.0. The molecule has 3 aromatic rings. The number of hydrogen-bond donors (Lipinski definition) is 1. The quantitative estimate of drug-likeness (QED) is 0.563. The van der Waals surface area contributed by atoms with E-state index in [9.17, 15) is 4.79 Å². The Bertz CT molecular complexity index is 894. The molecule has 6 nitrogen and oxygen atoms in total. The minimum absolute atomic E-state index is 0.110. The number of rotatable bonds is 9. The molecule has 0 atom stereocenters. The fourth-order valence-corrected chi connectivity index (χ4v) is 3.32. The molecule has 1 aromatic heterocycles. The summed E-state index contributed by atoms with van der Waals surface area (Å²) >= 11 is 1.37. The lowest BCUT2D eigenvalue weighted by Gasteiger charge is -2.14. The third kappa shape index (κ3) is 4.98. The first kappa shape index (κ1) is 18.7. The van der Waals surface area contributed by atoms with Crippen molar-refractivity contribution in [3.8, 4) is 27.8 Å². The van der Waals surface area contributed by atoms with Gasteiger partial charge in [-0.05, 0) is 24.3 Å². The maximum Gasteiger partial charge on any atom is 0.309 e. The van der Waals surface area contributed by atoms with Crippen molar-refractivity contribution in [2.75, 3.05) is 20.3 Å². The standard InChI is InChI=1S/C20H19NO5S/c1-24-17-9-5-8-16(20-21-14(13-27-20)12-18(22)23)19(17)26-11-10-25-15-6-3-2-4-7-15/h2-9,13H,10-12H2,1H3,(H,22,23). The van der Waals surface area contributed by atoms with Crippen molar-refractivity contribution in [1.29, 1.82) is 0 Å². The predicted molar refractivity (Wildman–Crippen MR) is 103 cm³/mol. The van der Waals surface area contributed by atoms with Crippen LogP contribution in [-0.4, -0.2) is 36.4 Å². The first-order chi connectivity index (χ1) is 13.2. The van der Waals surface area contributed by atoms with Gasteiger partial charge in [0.15, 0.2) is 11.5 Å². The summed E-state index contributed by atoms with van der Waals surface area (Å²) in [5.74, 6) is 1.02. The van der Waals surface area contributed by atoms with E-state index < -0.39 is 5.97 Å². The molecule has 0 bridgehead atoms. The Morgan fingerprint density at radius 3 is 2.59 bits per heavy atom. The van der Waals surface area contributed by atoms with Gasteiger partial charge in [0, 0.05) is 5.38 Å². The van der Waals surface area contributed by atoms with Gasteiger partial charge in [-0.25, -0.2) is 4.98 Å². The lowest BCUT2D eigenvalue weighted by molar-refractivity contribution is -0.136. The molecule has 0 fully saturated rings. The van der Waals surface area contributed by atoms with Crippen LogP contribution in [0.2, 0.25) is 0 Å². The summed E-state index contributed by atoms with van der Waals surface area (Å²) in [6.45, 7) is 0.708. The van der Waals surface area contributed by atoms with Gasteiger partial charge in [0.1, 0.15) is 24.0 Å². The third-order valence-electron chi connectivity index (χ3n) is 3.65. The fourth-order valence-electron chi connectivity index (χ4n) is 2.48. The van der Waals surface area contributed by atoms with Crippen molar-refractivity contribution in [3.05, 3.63) is 59.6 Å². The van der Waals surface area contributed by atoms with E-state index in [0.717, 1.165) is 11.3 Å². The fraction of sp³-hybridized carbons (Fsp3) is 0.200. The summed E-state index contributed by atoms with van der Waals surface area (Å²) in [6.07, 6.45) is -0.110. The van der Waals surface area contributed by atoms with Crippen molar-refractivity contribution in [2.24, 2.45) is 0 Å². The highest BCUT2D eigenvalue weighted by atomic mass is 32.1. The van der Waals surface area contributed by atoms with Gasteiger partial charge >= 0.3 is 5.97 Å². The second-order valence-corrected chi connectivity index (χ2v) is 6.42. The number of methoxy groups -OCH3 is 1. The molecule has 0 unspecified atom stereocenters. The Labute approximate surface area is 161 Å². The number of nitrogens with zero attached hydrogens (tertiary/aromatic N) is 1. The second-order valence-electron chi connectivity index (χ2n) is 5.56. The van der Waals surface area contributed by atoms with Gasteiger partial charge in [0.05, 0.1) is 24.8 Å². The van der Waals surface area contributed by atoms with Crippen molar-refractivity contribution >= 4 is 17.3 Å². The highest BCUT2D eigenvalue weighted by Gasteiger charge is 2.16. The average molecular weight is 385 g/mol. The number of carbonyl (C=O) groups is 1. The van der Waals surface area contributed by atoms with Crippen LogP contribution in [-0.2, 0) is 11.2 Å². The third-order valence-corrected chi connectivity index (χ3v) is 4.58. The average Bonchev–Trinajstić information content (AvgIpc) is 3.13. The molecular weight excluding hydrogens is 366 g/mol. The molecule has 0 radical (unpaired) electrons. The van der Waals surface area contributed by atoms with E-state index in [0.29, 0.717) is 35.4 Å². The second kappa shape index (κ2) is 9.05. The highest BCUT2D eigenvalue weighted by Crippen LogP contribution is 2.39. The number of aromatic nitrogens is 1. The molecule has 0 amide bonds. The number of ether oxygens (including phenoxy) is 3. The van der Waals surface area contributed by atoms with Crippen LogP contribution < -0.4 is 14.2 Å². The number of benzene rings is 2. The number of carboxylic acid groups (broad SMARTS) is 1. The maximum absolute atomic E-state index is 10.9. The topological polar surface area (TPSA) is 77.9 Å². The number of aliphatic carboxylic acids is 1. The SMILES string of the molecule is COc1cccc(-c2nc(CC(=O)O)cs2)c1OCCOc1ccccc1. The molecule has 0 aliphatic carbocycles. The molecule has 0 aliphatic heterocycles. The molecule has 140 valence electrons. The summed E-state index contributed by atoms with van der Waals surface area (Å²) in [5, 5.41) is 11.4. The molecule has 0 saturated carbocycles. The minimum Gasteiger partial charge on any atom is -0.493 e. The van der Waals surface area contributed by atoms with Gasteiger partial charge in [-0.1, -0.05) is 24.3 Å². The molecule has 1 N–H and O–H groups in total. The predicted octanol–water partition coefficient (Wildman–Crippen LogP) is 3.90. The summed E-state index contributed by atoms with van der Waals surface area (Å²) in [5.41, 5.74) is 1.28. The van der Waals surface area contributed by atoms with E-state index in [1.165, 1.54) is 11.3 Å². The Balaban J connectivity index is 1.73. The van der Waals surface area contributed by atoms with Crippen LogP contribution in [0.5, 0.6) is 17.2 Å². The van der Waals surface area contributed by atoms with E-state index >= 15 is 0 Å². The van der Waals surface area contributed by atoms with Crippen LogP contribution in [0.3, 0.4) is 0 Å². The van der Waals surface area contributed by atoms with E-state index in [1.54, 1.807) is 12.5 Å². The van der Waals surface area contributed by atoms with Crippen LogP contribution in [0, 0.1) is 0 Å². The zero-order valence-corrected chi connectivity index (χ0v) is 15.6. The smallest absolute Gasteiger partial charge is 0.309 e. The van der Waals surface area contributed by atoms with E-state index in [4.69, 9.17) is 19.3 Å². The van der Waals surface area contributed by atoms with Crippen LogP contribution in [0.25, 0.3) is 10.6 Å². The highest BCUT2D eigenvalue weighted by molar-refractivity contribution is 7.13. The van der Waals surface area contributed by atoms with Crippen molar-refractivity contribution in [1.82, 2.24) is 4.98 Å². The van der Waals surface area contributed by atoms with Crippen LogP contribution in [0.1, 0.15) is 5.69 Å². The van der Waals surface area contributed by atoms with Gasteiger partial charge in [-0.2, -0.15) is 0 Å². The van der Waals surface area contributed by atoms with Crippen molar-refractivity contribution < 1.29 is 24.1 Å². The number of carboxylic acids is 1. The van der Waals surface area contributed by atoms with E-state index in [2.05, 4.69) is 4.98 Å². The van der Waals surface area contributed by atoms with Gasteiger partial charge in [0.2, 0.25) is 0 Å². The summed E-state index contributed by atoms with van der Waals surface area (Å²) in [7, 11) is 1.57. The zero-order valence-electron chi connectivity index (χ0n) is 14.8. The zero-order chi connectivity index (χ0) is 19.1. The molecule has 0 aliphatic rings. The van der Waals surface area contributed by atoms with Gasteiger partial charge < -0.3 is 19.3 Å². The molecule has 1 heterocycles. The maximum atomic E-state index is 10.9. The van der Waals surface area contributed by atoms with Gasteiger partial charge in [0.25, 0.3) is 0 Å². The number of thiazole rings is 1.